The van der Waals surface area contributed by atoms with Gasteiger partial charge in [-0.3, -0.25) is 0 Å². The zero-order valence-corrected chi connectivity index (χ0v) is 16.9. The van der Waals surface area contributed by atoms with Crippen LogP contribution in [0.4, 0.5) is 22.0 Å². The molecule has 0 radical (unpaired) electrons. The second-order valence-electron chi connectivity index (χ2n) is 7.18. The summed E-state index contributed by atoms with van der Waals surface area (Å²) in [5.74, 6) is -2.17. The molecule has 3 rings (SSSR count). The van der Waals surface area contributed by atoms with Gasteiger partial charge in [-0.1, -0.05) is 44.0 Å². The Hall–Kier alpha value is -3.09. The van der Waals surface area contributed by atoms with Gasteiger partial charge in [-0.2, -0.15) is 13.2 Å². The zero-order chi connectivity index (χ0) is 22.4. The highest BCUT2D eigenvalue weighted by Gasteiger charge is 2.23. The van der Waals surface area contributed by atoms with E-state index in [0.29, 0.717) is 6.08 Å². The van der Waals surface area contributed by atoms with Crippen LogP contribution in [0, 0.1) is 11.6 Å². The summed E-state index contributed by atoms with van der Waals surface area (Å²) >= 11 is 0. The van der Waals surface area contributed by atoms with E-state index in [0.717, 1.165) is 36.1 Å². The normalized spacial score (nSPS) is 11.9. The van der Waals surface area contributed by atoms with Crippen molar-refractivity contribution >= 4 is 6.08 Å². The third-order valence-corrected chi connectivity index (χ3v) is 4.78. The van der Waals surface area contributed by atoms with E-state index < -0.39 is 23.4 Å². The predicted octanol–water partition coefficient (Wildman–Crippen LogP) is 7.40. The first-order valence-corrected chi connectivity index (χ1v) is 9.93. The van der Waals surface area contributed by atoms with Crippen LogP contribution in [0.25, 0.3) is 28.6 Å². The lowest BCUT2D eigenvalue weighted by Gasteiger charge is -2.07. The fraction of sp³-hybridized carbons (Fsp3) is 0.250. The Kier molecular flexibility index (Phi) is 7.15. The van der Waals surface area contributed by atoms with Crippen molar-refractivity contribution in [3.63, 3.8) is 0 Å². The Bertz CT molecular complexity index is 1020. The van der Waals surface area contributed by atoms with Gasteiger partial charge in [0, 0.05) is 35.2 Å². The summed E-state index contributed by atoms with van der Waals surface area (Å²) in [5, 5.41) is 0. The minimum Gasteiger partial charge on any atom is -0.236 e. The molecule has 0 saturated carbocycles. The number of halogens is 5. The Balaban J connectivity index is 1.78. The Morgan fingerprint density at radius 3 is 2.00 bits per heavy atom. The van der Waals surface area contributed by atoms with Gasteiger partial charge in [-0.25, -0.2) is 18.7 Å². The molecular weight excluding hydrogens is 411 g/mol. The first-order valence-electron chi connectivity index (χ1n) is 9.93. The van der Waals surface area contributed by atoms with Crippen LogP contribution in [0.15, 0.2) is 54.9 Å². The van der Waals surface area contributed by atoms with E-state index in [1.807, 2.05) is 12.1 Å². The van der Waals surface area contributed by atoms with Crippen LogP contribution in [-0.2, 0) is 6.42 Å². The fourth-order valence-corrected chi connectivity index (χ4v) is 3.12. The highest BCUT2D eigenvalue weighted by molar-refractivity contribution is 5.65. The smallest absolute Gasteiger partial charge is 0.236 e. The van der Waals surface area contributed by atoms with E-state index in [-0.39, 0.29) is 17.5 Å². The zero-order valence-electron chi connectivity index (χ0n) is 16.9. The number of hydrogen-bond acceptors (Lipinski definition) is 2. The van der Waals surface area contributed by atoms with E-state index >= 15 is 0 Å². The lowest BCUT2D eigenvalue weighted by atomic mass is 10.0. The molecule has 7 heteroatoms. The number of allylic oxidation sites excluding steroid dienone is 1. The average Bonchev–Trinajstić information content (AvgIpc) is 2.73. The Morgan fingerprint density at radius 2 is 1.45 bits per heavy atom. The number of alkyl halides is 3. The van der Waals surface area contributed by atoms with Crippen LogP contribution in [0.5, 0.6) is 0 Å². The Labute approximate surface area is 177 Å². The van der Waals surface area contributed by atoms with E-state index in [9.17, 15) is 22.0 Å². The molecule has 31 heavy (non-hydrogen) atoms. The summed E-state index contributed by atoms with van der Waals surface area (Å²) in [6.07, 6.45) is 3.10. The topological polar surface area (TPSA) is 25.8 Å². The van der Waals surface area contributed by atoms with Crippen molar-refractivity contribution in [3.05, 3.63) is 77.6 Å². The maximum Gasteiger partial charge on any atom is 0.409 e. The SMILES string of the molecule is CCCCCc1ccc(-c2cnc(-c3cc(F)c(/C=C/C(F)(F)F)c(F)c3)nc2)cc1. The summed E-state index contributed by atoms with van der Waals surface area (Å²) in [6.45, 7) is 2.16. The summed E-state index contributed by atoms with van der Waals surface area (Å²) in [4.78, 5) is 8.33. The predicted molar refractivity (Wildman–Crippen MR) is 111 cm³/mol. The number of hydrogen-bond donors (Lipinski definition) is 0. The van der Waals surface area contributed by atoms with Crippen LogP contribution in [0.2, 0.25) is 0 Å². The fourth-order valence-electron chi connectivity index (χ4n) is 3.12. The van der Waals surface area contributed by atoms with Crippen LogP contribution >= 0.6 is 0 Å². The molecule has 0 atom stereocenters. The lowest BCUT2D eigenvalue weighted by molar-refractivity contribution is -0.0790. The maximum absolute atomic E-state index is 14.2. The van der Waals surface area contributed by atoms with E-state index in [1.54, 1.807) is 12.4 Å². The summed E-state index contributed by atoms with van der Waals surface area (Å²) < 4.78 is 65.1. The highest BCUT2D eigenvalue weighted by Crippen LogP contribution is 2.26. The third kappa shape index (κ3) is 6.20. The Morgan fingerprint density at radius 1 is 0.839 bits per heavy atom. The second kappa shape index (κ2) is 9.81. The molecule has 3 aromatic rings. The molecule has 0 spiro atoms. The van der Waals surface area contributed by atoms with E-state index in [4.69, 9.17) is 0 Å². The van der Waals surface area contributed by atoms with Gasteiger partial charge in [-0.15, -0.1) is 0 Å². The first-order chi connectivity index (χ1) is 14.8. The number of aromatic nitrogens is 2. The van der Waals surface area contributed by atoms with Gasteiger partial charge >= 0.3 is 6.18 Å². The van der Waals surface area contributed by atoms with Crippen molar-refractivity contribution in [2.75, 3.05) is 0 Å². The molecule has 0 saturated heterocycles. The van der Waals surface area contributed by atoms with Crippen molar-refractivity contribution in [3.8, 4) is 22.5 Å². The number of benzene rings is 2. The molecule has 1 aromatic heterocycles. The van der Waals surface area contributed by atoms with E-state index in [1.165, 1.54) is 18.4 Å². The molecule has 0 aliphatic rings. The number of rotatable bonds is 7. The molecule has 0 aliphatic carbocycles. The number of unbranched alkanes of at least 4 members (excludes halogenated alkanes) is 2. The molecule has 0 unspecified atom stereocenters. The molecule has 0 amide bonds. The number of aryl methyl sites for hydroxylation is 1. The molecule has 0 fully saturated rings. The average molecular weight is 432 g/mol. The van der Waals surface area contributed by atoms with Gasteiger partial charge in [0.2, 0.25) is 0 Å². The van der Waals surface area contributed by atoms with Gasteiger partial charge in [0.05, 0.1) is 0 Å². The number of nitrogens with zero attached hydrogens (tertiary/aromatic N) is 2. The second-order valence-corrected chi connectivity index (χ2v) is 7.18. The summed E-state index contributed by atoms with van der Waals surface area (Å²) in [7, 11) is 0. The van der Waals surface area contributed by atoms with Crippen molar-refractivity contribution in [2.24, 2.45) is 0 Å². The molecule has 0 bridgehead atoms. The monoisotopic (exact) mass is 432 g/mol. The van der Waals surface area contributed by atoms with Gasteiger partial charge in [0.15, 0.2) is 5.82 Å². The molecule has 1 heterocycles. The van der Waals surface area contributed by atoms with Gasteiger partial charge in [0.1, 0.15) is 11.6 Å². The minimum atomic E-state index is -4.66. The standard InChI is InChI=1S/C24H21F5N2/c1-2-3-4-5-16-6-8-17(9-7-16)19-14-30-23(31-15-19)18-12-21(25)20(22(26)13-18)10-11-24(27,28)29/h6-15H,2-5H2,1H3/b11-10+. The van der Waals surface area contributed by atoms with Crippen LogP contribution in [0.1, 0.15) is 37.3 Å². The van der Waals surface area contributed by atoms with Crippen molar-refractivity contribution in [1.82, 2.24) is 9.97 Å². The van der Waals surface area contributed by atoms with Crippen LogP contribution < -0.4 is 0 Å². The molecule has 2 aromatic carbocycles. The highest BCUT2D eigenvalue weighted by atomic mass is 19.4. The minimum absolute atomic E-state index is 0.0389. The molecule has 0 aliphatic heterocycles. The van der Waals surface area contributed by atoms with Gasteiger partial charge in [0.25, 0.3) is 0 Å². The van der Waals surface area contributed by atoms with Crippen molar-refractivity contribution in [1.29, 1.82) is 0 Å². The molecule has 0 N–H and O–H groups in total. The maximum atomic E-state index is 14.2. The first kappa shape index (κ1) is 22.6. The van der Waals surface area contributed by atoms with Gasteiger partial charge < -0.3 is 0 Å². The van der Waals surface area contributed by atoms with E-state index in [2.05, 4.69) is 29.0 Å². The van der Waals surface area contributed by atoms with Crippen molar-refractivity contribution < 1.29 is 22.0 Å². The molecule has 162 valence electrons. The molecule has 2 nitrogen and oxygen atoms in total. The lowest BCUT2D eigenvalue weighted by Crippen LogP contribution is -2.01. The van der Waals surface area contributed by atoms with Crippen LogP contribution in [0.3, 0.4) is 0 Å². The van der Waals surface area contributed by atoms with Crippen LogP contribution in [-0.4, -0.2) is 16.1 Å². The summed E-state index contributed by atoms with van der Waals surface area (Å²) in [6, 6.07) is 9.88. The summed E-state index contributed by atoms with van der Waals surface area (Å²) in [5.41, 5.74) is 2.18. The van der Waals surface area contributed by atoms with Gasteiger partial charge in [-0.05, 0) is 42.2 Å². The third-order valence-electron chi connectivity index (χ3n) is 4.78. The molecular formula is C24H21F5N2. The quantitative estimate of drug-likeness (QED) is 0.287. The van der Waals surface area contributed by atoms with Crippen molar-refractivity contribution in [2.45, 2.75) is 38.8 Å². The largest absolute Gasteiger partial charge is 0.409 e.